The first-order chi connectivity index (χ1) is 12.1. The van der Waals surface area contributed by atoms with Crippen LogP contribution in [-0.2, 0) is 6.54 Å². The van der Waals surface area contributed by atoms with Crippen LogP contribution in [-0.4, -0.2) is 45.5 Å². The van der Waals surface area contributed by atoms with Crippen molar-refractivity contribution in [1.82, 2.24) is 19.5 Å². The van der Waals surface area contributed by atoms with Crippen molar-refractivity contribution in [2.75, 3.05) is 25.0 Å². The van der Waals surface area contributed by atoms with Gasteiger partial charge in [0.25, 0.3) is 11.5 Å². The third kappa shape index (κ3) is 3.02. The normalized spacial score (nSPS) is 14.4. The van der Waals surface area contributed by atoms with Crippen LogP contribution in [0.3, 0.4) is 0 Å². The second-order valence-electron chi connectivity index (χ2n) is 5.99. The van der Waals surface area contributed by atoms with Gasteiger partial charge in [0.15, 0.2) is 0 Å². The Morgan fingerprint density at radius 3 is 2.92 bits per heavy atom. The fourth-order valence-corrected chi connectivity index (χ4v) is 3.86. The lowest BCUT2D eigenvalue weighted by atomic mass is 10.3. The Hall–Kier alpha value is -2.68. The molecule has 0 atom stereocenters. The zero-order chi connectivity index (χ0) is 17.4. The Morgan fingerprint density at radius 2 is 2.20 bits per heavy atom. The molecule has 3 aromatic rings. The summed E-state index contributed by atoms with van der Waals surface area (Å²) >= 11 is 1.33. The van der Waals surface area contributed by atoms with Gasteiger partial charge in [0.1, 0.15) is 11.5 Å². The van der Waals surface area contributed by atoms with Crippen molar-refractivity contribution in [2.45, 2.75) is 19.4 Å². The SMILES string of the molecule is CN(Cc1ccco1)C(=O)c1cc(=O)nc2sc(N3CCCC3)nn12. The summed E-state index contributed by atoms with van der Waals surface area (Å²) in [4.78, 5) is 32.8. The van der Waals surface area contributed by atoms with E-state index < -0.39 is 5.56 Å². The van der Waals surface area contributed by atoms with Crippen LogP contribution in [0.15, 0.2) is 33.7 Å². The van der Waals surface area contributed by atoms with Gasteiger partial charge in [0, 0.05) is 26.2 Å². The lowest BCUT2D eigenvalue weighted by Crippen LogP contribution is -2.29. The van der Waals surface area contributed by atoms with Gasteiger partial charge in [-0.05, 0) is 25.0 Å². The summed E-state index contributed by atoms with van der Waals surface area (Å²) in [5.74, 6) is 0.369. The average Bonchev–Trinajstić information content (AvgIpc) is 3.33. The smallest absolute Gasteiger partial charge is 0.274 e. The lowest BCUT2D eigenvalue weighted by molar-refractivity contribution is 0.0766. The molecule has 8 nitrogen and oxygen atoms in total. The van der Waals surface area contributed by atoms with Crippen molar-refractivity contribution < 1.29 is 9.21 Å². The van der Waals surface area contributed by atoms with E-state index in [0.717, 1.165) is 31.1 Å². The van der Waals surface area contributed by atoms with E-state index in [1.165, 1.54) is 26.8 Å². The van der Waals surface area contributed by atoms with Gasteiger partial charge in [0.2, 0.25) is 10.1 Å². The molecule has 25 heavy (non-hydrogen) atoms. The van der Waals surface area contributed by atoms with Crippen molar-refractivity contribution in [3.8, 4) is 0 Å². The second kappa shape index (κ2) is 6.32. The van der Waals surface area contributed by atoms with Gasteiger partial charge in [-0.3, -0.25) is 9.59 Å². The number of aromatic nitrogens is 3. The number of hydrogen-bond donors (Lipinski definition) is 0. The van der Waals surface area contributed by atoms with E-state index in [1.807, 2.05) is 0 Å². The van der Waals surface area contributed by atoms with Gasteiger partial charge < -0.3 is 14.2 Å². The molecule has 1 aliphatic heterocycles. The molecule has 0 N–H and O–H groups in total. The minimum atomic E-state index is -0.439. The topological polar surface area (TPSA) is 84.0 Å². The first-order valence-electron chi connectivity index (χ1n) is 8.05. The van der Waals surface area contributed by atoms with Crippen LogP contribution in [0, 0.1) is 0 Å². The zero-order valence-corrected chi connectivity index (χ0v) is 14.5. The maximum atomic E-state index is 12.8. The molecule has 0 unspecified atom stereocenters. The van der Waals surface area contributed by atoms with Crippen LogP contribution >= 0.6 is 11.3 Å². The van der Waals surface area contributed by atoms with Crippen LogP contribution in [0.5, 0.6) is 0 Å². The molecule has 1 aliphatic rings. The molecule has 0 spiro atoms. The quantitative estimate of drug-likeness (QED) is 0.704. The molecule has 9 heteroatoms. The summed E-state index contributed by atoms with van der Waals surface area (Å²) in [7, 11) is 1.66. The number of fused-ring (bicyclic) bond motifs is 1. The standard InChI is InChI=1S/C16H17N5O3S/c1-19(10-11-5-4-8-24-11)14(23)12-9-13(22)17-15-21(12)18-16(25-15)20-6-2-3-7-20/h4-5,8-9H,2-3,6-7,10H2,1H3. The molecule has 1 amide bonds. The van der Waals surface area contributed by atoms with E-state index in [4.69, 9.17) is 4.42 Å². The maximum absolute atomic E-state index is 12.8. The predicted molar refractivity (Wildman–Crippen MR) is 93.1 cm³/mol. The van der Waals surface area contributed by atoms with Crippen LogP contribution in [0.4, 0.5) is 5.13 Å². The number of anilines is 1. The van der Waals surface area contributed by atoms with Crippen LogP contribution in [0.25, 0.3) is 4.96 Å². The highest BCUT2D eigenvalue weighted by atomic mass is 32.1. The molecule has 0 aliphatic carbocycles. The van der Waals surface area contributed by atoms with Gasteiger partial charge >= 0.3 is 0 Å². The molecular formula is C16H17N5O3S. The fourth-order valence-electron chi connectivity index (χ4n) is 2.90. The van der Waals surface area contributed by atoms with Gasteiger partial charge in [0.05, 0.1) is 12.8 Å². The van der Waals surface area contributed by atoms with Crippen molar-refractivity contribution in [3.05, 3.63) is 46.3 Å². The van der Waals surface area contributed by atoms with Gasteiger partial charge in [-0.15, -0.1) is 5.10 Å². The van der Waals surface area contributed by atoms with E-state index in [1.54, 1.807) is 25.4 Å². The first-order valence-corrected chi connectivity index (χ1v) is 8.87. The molecule has 0 bridgehead atoms. The number of carbonyl (C=O) groups is 1. The fraction of sp³-hybridized carbons (Fsp3) is 0.375. The van der Waals surface area contributed by atoms with Crippen molar-refractivity contribution >= 4 is 27.3 Å². The Bertz CT molecular complexity index is 956. The van der Waals surface area contributed by atoms with Crippen LogP contribution < -0.4 is 10.5 Å². The maximum Gasteiger partial charge on any atom is 0.274 e. The molecule has 4 heterocycles. The number of rotatable bonds is 4. The molecule has 1 fully saturated rings. The van der Waals surface area contributed by atoms with Gasteiger partial charge in [-0.2, -0.15) is 9.50 Å². The van der Waals surface area contributed by atoms with Crippen LogP contribution in [0.1, 0.15) is 29.1 Å². The van der Waals surface area contributed by atoms with E-state index in [-0.39, 0.29) is 11.6 Å². The molecule has 0 radical (unpaired) electrons. The molecule has 130 valence electrons. The number of nitrogens with zero attached hydrogens (tertiary/aromatic N) is 5. The van der Waals surface area contributed by atoms with Crippen molar-refractivity contribution in [1.29, 1.82) is 0 Å². The molecule has 0 saturated carbocycles. The van der Waals surface area contributed by atoms with Crippen molar-refractivity contribution in [2.24, 2.45) is 0 Å². The predicted octanol–water partition coefficient (Wildman–Crippen LogP) is 1.62. The highest BCUT2D eigenvalue weighted by molar-refractivity contribution is 7.20. The van der Waals surface area contributed by atoms with E-state index in [2.05, 4.69) is 15.0 Å². The Morgan fingerprint density at radius 1 is 1.40 bits per heavy atom. The second-order valence-corrected chi connectivity index (χ2v) is 6.93. The third-order valence-electron chi connectivity index (χ3n) is 4.16. The summed E-state index contributed by atoms with van der Waals surface area (Å²) in [5, 5.41) is 5.32. The minimum Gasteiger partial charge on any atom is -0.467 e. The monoisotopic (exact) mass is 359 g/mol. The molecule has 1 saturated heterocycles. The summed E-state index contributed by atoms with van der Waals surface area (Å²) in [5.41, 5.74) is -0.225. The molecule has 4 rings (SSSR count). The van der Waals surface area contributed by atoms with Crippen molar-refractivity contribution in [3.63, 3.8) is 0 Å². The summed E-state index contributed by atoms with van der Waals surface area (Å²) in [6, 6.07) is 4.80. The van der Waals surface area contributed by atoms with E-state index in [9.17, 15) is 9.59 Å². The number of amides is 1. The van der Waals surface area contributed by atoms with Gasteiger partial charge in [-0.25, -0.2) is 0 Å². The highest BCUT2D eigenvalue weighted by Gasteiger charge is 2.22. The highest BCUT2D eigenvalue weighted by Crippen LogP contribution is 2.25. The van der Waals surface area contributed by atoms with Crippen LogP contribution in [0.2, 0.25) is 0 Å². The first kappa shape index (κ1) is 15.8. The number of hydrogen-bond acceptors (Lipinski definition) is 7. The molecule has 0 aromatic carbocycles. The Labute approximate surface area is 147 Å². The average molecular weight is 359 g/mol. The molecule has 3 aromatic heterocycles. The van der Waals surface area contributed by atoms with E-state index in [0.29, 0.717) is 17.3 Å². The largest absolute Gasteiger partial charge is 0.467 e. The third-order valence-corrected chi connectivity index (χ3v) is 5.13. The number of carbonyl (C=O) groups excluding carboxylic acids is 1. The van der Waals surface area contributed by atoms with Gasteiger partial charge in [-0.1, -0.05) is 11.3 Å². The molecular weight excluding hydrogens is 342 g/mol. The summed E-state index contributed by atoms with van der Waals surface area (Å²) < 4.78 is 6.75. The lowest BCUT2D eigenvalue weighted by Gasteiger charge is -2.15. The minimum absolute atomic E-state index is 0.214. The Balaban J connectivity index is 1.70. The summed E-state index contributed by atoms with van der Waals surface area (Å²) in [6.07, 6.45) is 3.81. The number of furan rings is 1. The Kier molecular flexibility index (Phi) is 4.00. The zero-order valence-electron chi connectivity index (χ0n) is 13.7. The summed E-state index contributed by atoms with van der Waals surface area (Å²) in [6.45, 7) is 2.19. The van der Waals surface area contributed by atoms with E-state index >= 15 is 0 Å².